The van der Waals surface area contributed by atoms with Crippen molar-refractivity contribution >= 4 is 22.9 Å². The monoisotopic (exact) mass is 526 g/mol. The van der Waals surface area contributed by atoms with Crippen molar-refractivity contribution in [3.8, 4) is 22.4 Å². The first-order valence-corrected chi connectivity index (χ1v) is 12.5. The van der Waals surface area contributed by atoms with E-state index >= 15 is 0 Å². The number of nitrogens with two attached hydrogens (primary N) is 1. The lowest BCUT2D eigenvalue weighted by Gasteiger charge is -2.30. The summed E-state index contributed by atoms with van der Waals surface area (Å²) in [7, 11) is 3.20. The van der Waals surface area contributed by atoms with Gasteiger partial charge in [-0.05, 0) is 24.6 Å². The van der Waals surface area contributed by atoms with Gasteiger partial charge in [0.25, 0.3) is 0 Å². The van der Waals surface area contributed by atoms with E-state index in [0.29, 0.717) is 30.0 Å². The van der Waals surface area contributed by atoms with Gasteiger partial charge >= 0.3 is 0 Å². The Labute approximate surface area is 225 Å². The highest BCUT2D eigenvalue weighted by Crippen LogP contribution is 2.36. The number of rotatable bonds is 10. The van der Waals surface area contributed by atoms with Crippen LogP contribution in [0, 0.1) is 0 Å². The fourth-order valence-corrected chi connectivity index (χ4v) is 4.44. The number of nitrogens with zero attached hydrogens (tertiary/aromatic N) is 5. The predicted molar refractivity (Wildman–Crippen MR) is 147 cm³/mol. The molecule has 4 N–H and O–H groups in total. The number of amides is 1. The number of pyridine rings is 1. The quantitative estimate of drug-likeness (QED) is 0.235. The zero-order valence-corrected chi connectivity index (χ0v) is 22.0. The average Bonchev–Trinajstić information content (AvgIpc) is 3.61. The van der Waals surface area contributed by atoms with Crippen LogP contribution >= 0.6 is 0 Å². The third kappa shape index (κ3) is 5.35. The third-order valence-electron chi connectivity index (χ3n) is 6.64. The molecular formula is C28H30N8O3. The number of aromatic amines is 1. The Balaban J connectivity index is 1.53. The Kier molecular flexibility index (Phi) is 7.35. The molecule has 0 spiro atoms. The fraction of sp³-hybridized carbons (Fsp3) is 0.250. The minimum absolute atomic E-state index is 0.0356. The molecule has 0 aliphatic carbocycles. The lowest BCUT2D eigenvalue weighted by atomic mass is 9.91. The molecule has 0 aliphatic rings. The molecule has 1 amide bonds. The number of nitrogen functional groups attached to an aromatic ring is 1. The second-order valence-corrected chi connectivity index (χ2v) is 9.18. The second-order valence-electron chi connectivity index (χ2n) is 9.18. The number of carbonyl (C=O) groups is 1. The molecule has 39 heavy (non-hydrogen) atoms. The Morgan fingerprint density at radius 2 is 1.97 bits per heavy atom. The molecule has 0 saturated carbocycles. The number of aryl methyl sites for hydroxylation is 1. The van der Waals surface area contributed by atoms with Crippen LogP contribution < -0.4 is 11.1 Å². The van der Waals surface area contributed by atoms with Crippen LogP contribution in [0.4, 0.5) is 5.95 Å². The topological polar surface area (TPSA) is 146 Å². The number of hydrogen-bond donors (Lipinski definition) is 3. The van der Waals surface area contributed by atoms with E-state index in [0.717, 1.165) is 27.6 Å². The molecule has 4 aromatic heterocycles. The molecular weight excluding hydrogens is 496 g/mol. The predicted octanol–water partition coefficient (Wildman–Crippen LogP) is 3.49. The molecule has 200 valence electrons. The van der Waals surface area contributed by atoms with E-state index in [1.54, 1.807) is 31.2 Å². The van der Waals surface area contributed by atoms with E-state index in [1.807, 2.05) is 61.8 Å². The van der Waals surface area contributed by atoms with E-state index in [2.05, 4.69) is 30.4 Å². The first kappa shape index (κ1) is 26.0. The average molecular weight is 527 g/mol. The summed E-state index contributed by atoms with van der Waals surface area (Å²) in [5.41, 5.74) is 10.7. The molecule has 0 radical (unpaired) electrons. The number of aromatic nitrogens is 6. The maximum atomic E-state index is 11.6. The van der Waals surface area contributed by atoms with Gasteiger partial charge in [-0.3, -0.25) is 9.48 Å². The molecule has 0 fully saturated rings. The van der Waals surface area contributed by atoms with Gasteiger partial charge in [0.05, 0.1) is 17.6 Å². The van der Waals surface area contributed by atoms with Crippen molar-refractivity contribution in [2.75, 3.05) is 26.7 Å². The smallest absolute Gasteiger partial charge is 0.221 e. The van der Waals surface area contributed by atoms with E-state index in [4.69, 9.17) is 15.2 Å². The van der Waals surface area contributed by atoms with E-state index in [1.165, 1.54) is 0 Å². The zero-order valence-electron chi connectivity index (χ0n) is 22.0. The van der Waals surface area contributed by atoms with Crippen LogP contribution in [-0.2, 0) is 26.4 Å². The van der Waals surface area contributed by atoms with Gasteiger partial charge in [0.15, 0.2) is 0 Å². The summed E-state index contributed by atoms with van der Waals surface area (Å²) < 4.78 is 13.1. The molecule has 1 aromatic carbocycles. The minimum atomic E-state index is -0.929. The van der Waals surface area contributed by atoms with Crippen molar-refractivity contribution in [2.45, 2.75) is 25.5 Å². The van der Waals surface area contributed by atoms with Gasteiger partial charge in [-0.25, -0.2) is 15.0 Å². The van der Waals surface area contributed by atoms with Crippen LogP contribution in [0.25, 0.3) is 33.4 Å². The van der Waals surface area contributed by atoms with Crippen LogP contribution in [0.2, 0.25) is 0 Å². The van der Waals surface area contributed by atoms with E-state index < -0.39 is 5.60 Å². The van der Waals surface area contributed by atoms with Crippen molar-refractivity contribution in [2.24, 2.45) is 0 Å². The lowest BCUT2D eigenvalue weighted by Crippen LogP contribution is -2.30. The van der Waals surface area contributed by atoms with Crippen LogP contribution in [0.3, 0.4) is 0 Å². The summed E-state index contributed by atoms with van der Waals surface area (Å²) in [6, 6.07) is 13.7. The molecule has 1 atom stereocenters. The van der Waals surface area contributed by atoms with Gasteiger partial charge in [0.1, 0.15) is 18.0 Å². The number of carbonyl (C=O) groups excluding carboxylic acids is 1. The van der Waals surface area contributed by atoms with Crippen molar-refractivity contribution in [3.63, 3.8) is 0 Å². The first-order valence-electron chi connectivity index (χ1n) is 12.5. The van der Waals surface area contributed by atoms with E-state index in [-0.39, 0.29) is 18.6 Å². The highest BCUT2D eigenvalue weighted by atomic mass is 16.7. The Morgan fingerprint density at radius 3 is 2.74 bits per heavy atom. The number of methoxy groups -OCH3 is 1. The second kappa shape index (κ2) is 11.0. The number of H-pyrrole nitrogens is 1. The van der Waals surface area contributed by atoms with Crippen LogP contribution in [-0.4, -0.2) is 56.6 Å². The van der Waals surface area contributed by atoms with Gasteiger partial charge < -0.3 is 25.5 Å². The van der Waals surface area contributed by atoms with Crippen molar-refractivity contribution < 1.29 is 14.3 Å². The molecule has 5 aromatic rings. The molecule has 4 heterocycles. The van der Waals surface area contributed by atoms with Crippen molar-refractivity contribution in [1.29, 1.82) is 0 Å². The standard InChI is InChI=1S/C28H30N8O3/c1-28(39-17-38-3,20-7-5-4-6-8-20)24-12-23(34-27(29)35-24)22-15-32-26-21(22)11-18(13-31-26)19-14-33-36(16-19)10-9-25(37)30-2/h4-8,11-16H,9-10,17H2,1-3H3,(H,30,37)(H,31,32)(H2,29,34,35). The van der Waals surface area contributed by atoms with Crippen molar-refractivity contribution in [3.05, 3.63) is 78.5 Å². The normalized spacial score (nSPS) is 12.9. The Bertz CT molecular complexity index is 1600. The number of benzene rings is 1. The lowest BCUT2D eigenvalue weighted by molar-refractivity contribution is -0.120. The largest absolute Gasteiger partial charge is 0.368 e. The molecule has 11 heteroatoms. The molecule has 0 saturated heterocycles. The number of ether oxygens (including phenoxy) is 2. The minimum Gasteiger partial charge on any atom is -0.368 e. The summed E-state index contributed by atoms with van der Waals surface area (Å²) in [6.45, 7) is 2.49. The van der Waals surface area contributed by atoms with Crippen LogP contribution in [0.1, 0.15) is 24.6 Å². The molecule has 1 unspecified atom stereocenters. The number of fused-ring (bicyclic) bond motifs is 1. The highest BCUT2D eigenvalue weighted by Gasteiger charge is 2.33. The maximum absolute atomic E-state index is 11.6. The van der Waals surface area contributed by atoms with Crippen LogP contribution in [0.15, 0.2) is 67.3 Å². The fourth-order valence-electron chi connectivity index (χ4n) is 4.44. The number of nitrogens with one attached hydrogen (secondary N) is 2. The number of hydrogen-bond acceptors (Lipinski definition) is 8. The molecule has 0 bridgehead atoms. The summed E-state index contributed by atoms with van der Waals surface area (Å²) >= 11 is 0. The highest BCUT2D eigenvalue weighted by molar-refractivity contribution is 5.95. The summed E-state index contributed by atoms with van der Waals surface area (Å²) in [6.07, 6.45) is 7.66. The van der Waals surface area contributed by atoms with Crippen LogP contribution in [0.5, 0.6) is 0 Å². The SMILES string of the molecule is CNC(=O)CCn1cc(-c2cnc3[nH]cc(-c4cc(C(C)(OCOC)c5ccccc5)nc(N)n4)c3c2)cn1. The third-order valence-corrected chi connectivity index (χ3v) is 6.64. The van der Waals surface area contributed by atoms with Gasteiger partial charge in [-0.1, -0.05) is 30.3 Å². The number of anilines is 1. The maximum Gasteiger partial charge on any atom is 0.221 e. The summed E-state index contributed by atoms with van der Waals surface area (Å²) in [5.74, 6) is 0.0908. The van der Waals surface area contributed by atoms with Gasteiger partial charge in [-0.15, -0.1) is 0 Å². The van der Waals surface area contributed by atoms with Gasteiger partial charge in [0, 0.05) is 67.8 Å². The van der Waals surface area contributed by atoms with Gasteiger partial charge in [-0.2, -0.15) is 5.10 Å². The Morgan fingerprint density at radius 1 is 1.15 bits per heavy atom. The van der Waals surface area contributed by atoms with Gasteiger partial charge in [0.2, 0.25) is 11.9 Å². The molecule has 5 rings (SSSR count). The summed E-state index contributed by atoms with van der Waals surface area (Å²) in [4.78, 5) is 28.5. The van der Waals surface area contributed by atoms with Crippen molar-refractivity contribution in [1.82, 2.24) is 35.0 Å². The Hall–Kier alpha value is -4.61. The first-order chi connectivity index (χ1) is 18.9. The molecule has 11 nitrogen and oxygen atoms in total. The zero-order chi connectivity index (χ0) is 27.4. The summed E-state index contributed by atoms with van der Waals surface area (Å²) in [5, 5.41) is 7.88. The van der Waals surface area contributed by atoms with E-state index in [9.17, 15) is 4.79 Å². The molecule has 0 aliphatic heterocycles.